The molecule has 0 amide bonds. The number of hydrogen-bond acceptors (Lipinski definition) is 6. The van der Waals surface area contributed by atoms with Gasteiger partial charge >= 0.3 is 5.97 Å². The number of carbonyl (C=O) groups is 1. The van der Waals surface area contributed by atoms with Crippen LogP contribution in [0.1, 0.15) is 0 Å². The quantitative estimate of drug-likeness (QED) is 0.334. The molecule has 1 heterocycles. The third kappa shape index (κ3) is 3.55. The predicted molar refractivity (Wildman–Crippen MR) is 53.6 cm³/mol. The Labute approximate surface area is 89.8 Å². The first-order chi connectivity index (χ1) is 7.13. The molecule has 0 bridgehead atoms. The van der Waals surface area contributed by atoms with Crippen molar-refractivity contribution in [2.75, 3.05) is 12.9 Å². The Bertz CT molecular complexity index is 365. The van der Waals surface area contributed by atoms with Crippen molar-refractivity contribution in [3.8, 4) is 0 Å². The van der Waals surface area contributed by atoms with Crippen LogP contribution in [0.3, 0.4) is 0 Å². The summed E-state index contributed by atoms with van der Waals surface area (Å²) in [5.74, 6) is -0.221. The summed E-state index contributed by atoms with van der Waals surface area (Å²) in [4.78, 5) is 24.4. The van der Waals surface area contributed by atoms with Crippen molar-refractivity contribution < 1.29 is 14.5 Å². The number of methoxy groups -OCH3 is 1. The minimum Gasteiger partial charge on any atom is -0.468 e. The molecule has 1 aromatic rings. The SMILES string of the molecule is COC(=O)CSc1ccc([N+](=O)[O-])cn1. The van der Waals surface area contributed by atoms with E-state index in [1.165, 1.54) is 31.0 Å². The van der Waals surface area contributed by atoms with Crippen molar-refractivity contribution in [3.63, 3.8) is 0 Å². The summed E-state index contributed by atoms with van der Waals surface area (Å²) in [7, 11) is 1.30. The molecule has 0 atom stereocenters. The molecule has 1 rings (SSSR count). The van der Waals surface area contributed by atoms with Gasteiger partial charge < -0.3 is 4.74 Å². The van der Waals surface area contributed by atoms with Gasteiger partial charge in [-0.3, -0.25) is 14.9 Å². The normalized spacial score (nSPS) is 9.67. The second-order valence-corrected chi connectivity index (χ2v) is 3.47. The van der Waals surface area contributed by atoms with Crippen LogP contribution in [0.15, 0.2) is 23.4 Å². The van der Waals surface area contributed by atoms with Crippen LogP contribution in [-0.2, 0) is 9.53 Å². The summed E-state index contributed by atoms with van der Waals surface area (Å²) in [5, 5.41) is 10.9. The Kier molecular flexibility index (Phi) is 4.04. The Morgan fingerprint density at radius 2 is 2.40 bits per heavy atom. The number of thioether (sulfide) groups is 1. The Balaban J connectivity index is 2.57. The molecule has 0 aliphatic carbocycles. The zero-order chi connectivity index (χ0) is 11.3. The van der Waals surface area contributed by atoms with Gasteiger partial charge in [0.1, 0.15) is 6.20 Å². The minimum absolute atomic E-state index is 0.0718. The maximum absolute atomic E-state index is 10.8. The predicted octanol–water partition coefficient (Wildman–Crippen LogP) is 1.25. The third-order valence-electron chi connectivity index (χ3n) is 1.50. The highest BCUT2D eigenvalue weighted by Gasteiger charge is 2.07. The van der Waals surface area contributed by atoms with Gasteiger partial charge in [0, 0.05) is 6.07 Å². The zero-order valence-electron chi connectivity index (χ0n) is 7.87. The van der Waals surface area contributed by atoms with Gasteiger partial charge in [0.2, 0.25) is 0 Å². The fourth-order valence-electron chi connectivity index (χ4n) is 0.758. The van der Waals surface area contributed by atoms with Gasteiger partial charge in [-0.15, -0.1) is 0 Å². The van der Waals surface area contributed by atoms with Crippen LogP contribution in [0.25, 0.3) is 0 Å². The summed E-state index contributed by atoms with van der Waals surface area (Å²) < 4.78 is 4.44. The van der Waals surface area contributed by atoms with Crippen molar-refractivity contribution in [2.24, 2.45) is 0 Å². The van der Waals surface area contributed by atoms with E-state index in [0.717, 1.165) is 6.20 Å². The number of nitrogens with zero attached hydrogens (tertiary/aromatic N) is 2. The number of pyridine rings is 1. The monoisotopic (exact) mass is 228 g/mol. The Hall–Kier alpha value is -1.63. The van der Waals surface area contributed by atoms with Gasteiger partial charge in [-0.25, -0.2) is 4.98 Å². The van der Waals surface area contributed by atoms with E-state index in [0.29, 0.717) is 5.03 Å². The number of esters is 1. The summed E-state index contributed by atoms with van der Waals surface area (Å²) >= 11 is 1.17. The molecule has 1 aromatic heterocycles. The maximum atomic E-state index is 10.8. The van der Waals surface area contributed by atoms with E-state index < -0.39 is 4.92 Å². The van der Waals surface area contributed by atoms with Crippen LogP contribution >= 0.6 is 11.8 Å². The molecular formula is C8H8N2O4S. The molecule has 0 unspecified atom stereocenters. The van der Waals surface area contributed by atoms with Crippen LogP contribution in [-0.4, -0.2) is 28.7 Å². The Morgan fingerprint density at radius 1 is 1.67 bits per heavy atom. The highest BCUT2D eigenvalue weighted by molar-refractivity contribution is 7.99. The standard InChI is InChI=1S/C8H8N2O4S/c1-14-8(11)5-15-7-3-2-6(4-9-7)10(12)13/h2-4H,5H2,1H3. The first-order valence-corrected chi connectivity index (χ1v) is 4.92. The molecule has 80 valence electrons. The van der Waals surface area contributed by atoms with Crippen LogP contribution in [0.5, 0.6) is 0 Å². The van der Waals surface area contributed by atoms with Gasteiger partial charge in [-0.05, 0) is 6.07 Å². The van der Waals surface area contributed by atoms with E-state index >= 15 is 0 Å². The molecule has 0 fully saturated rings. The van der Waals surface area contributed by atoms with E-state index in [1.54, 1.807) is 0 Å². The van der Waals surface area contributed by atoms with Gasteiger partial charge in [-0.1, -0.05) is 11.8 Å². The zero-order valence-corrected chi connectivity index (χ0v) is 8.69. The lowest BCUT2D eigenvalue weighted by Gasteiger charge is -1.98. The second kappa shape index (κ2) is 5.30. The van der Waals surface area contributed by atoms with E-state index in [1.807, 2.05) is 0 Å². The van der Waals surface area contributed by atoms with Gasteiger partial charge in [0.05, 0.1) is 22.8 Å². The number of nitro groups is 1. The Morgan fingerprint density at radius 3 is 2.87 bits per heavy atom. The number of hydrogen-bond donors (Lipinski definition) is 0. The molecular weight excluding hydrogens is 220 g/mol. The molecule has 7 heteroatoms. The number of carbonyl (C=O) groups excluding carboxylic acids is 1. The van der Waals surface area contributed by atoms with Gasteiger partial charge in [-0.2, -0.15) is 0 Å². The van der Waals surface area contributed by atoms with Crippen LogP contribution in [0.2, 0.25) is 0 Å². The molecule has 6 nitrogen and oxygen atoms in total. The summed E-state index contributed by atoms with van der Waals surface area (Å²) in [6, 6.07) is 2.83. The van der Waals surface area contributed by atoms with E-state index in [4.69, 9.17) is 0 Å². The number of aromatic nitrogens is 1. The summed E-state index contributed by atoms with van der Waals surface area (Å²) in [5.41, 5.74) is -0.0718. The molecule has 0 saturated heterocycles. The minimum atomic E-state index is -0.526. The topological polar surface area (TPSA) is 82.3 Å². The van der Waals surface area contributed by atoms with Crippen molar-refractivity contribution >= 4 is 23.4 Å². The van der Waals surface area contributed by atoms with Crippen molar-refractivity contribution in [1.82, 2.24) is 4.98 Å². The number of ether oxygens (including phenoxy) is 1. The summed E-state index contributed by atoms with van der Waals surface area (Å²) in [6.07, 6.45) is 1.15. The average Bonchev–Trinajstić information content (AvgIpc) is 2.26. The fraction of sp³-hybridized carbons (Fsp3) is 0.250. The second-order valence-electron chi connectivity index (χ2n) is 2.48. The fourth-order valence-corrected chi connectivity index (χ4v) is 1.43. The van der Waals surface area contributed by atoms with E-state index in [-0.39, 0.29) is 17.4 Å². The highest BCUT2D eigenvalue weighted by Crippen LogP contribution is 2.17. The van der Waals surface area contributed by atoms with Gasteiger partial charge in [0.25, 0.3) is 5.69 Å². The molecule has 0 saturated carbocycles. The molecule has 0 spiro atoms. The van der Waals surface area contributed by atoms with Crippen molar-refractivity contribution in [3.05, 3.63) is 28.4 Å². The smallest absolute Gasteiger partial charge is 0.316 e. The third-order valence-corrected chi connectivity index (χ3v) is 2.41. The van der Waals surface area contributed by atoms with Gasteiger partial charge in [0.15, 0.2) is 0 Å². The van der Waals surface area contributed by atoms with Crippen LogP contribution < -0.4 is 0 Å². The molecule has 0 aliphatic heterocycles. The maximum Gasteiger partial charge on any atom is 0.316 e. The lowest BCUT2D eigenvalue weighted by atomic mass is 10.4. The van der Waals surface area contributed by atoms with Crippen molar-refractivity contribution in [2.45, 2.75) is 5.03 Å². The molecule has 0 radical (unpaired) electrons. The summed E-state index contributed by atoms with van der Waals surface area (Å²) in [6.45, 7) is 0. The molecule has 0 aliphatic rings. The van der Waals surface area contributed by atoms with E-state index in [2.05, 4.69) is 9.72 Å². The largest absolute Gasteiger partial charge is 0.468 e. The van der Waals surface area contributed by atoms with Crippen LogP contribution in [0, 0.1) is 10.1 Å². The molecule has 0 aromatic carbocycles. The van der Waals surface area contributed by atoms with Crippen molar-refractivity contribution in [1.29, 1.82) is 0 Å². The molecule has 15 heavy (non-hydrogen) atoms. The average molecular weight is 228 g/mol. The first-order valence-electron chi connectivity index (χ1n) is 3.93. The lowest BCUT2D eigenvalue weighted by molar-refractivity contribution is -0.385. The first kappa shape index (κ1) is 11.4. The van der Waals surface area contributed by atoms with E-state index in [9.17, 15) is 14.9 Å². The number of rotatable bonds is 4. The lowest BCUT2D eigenvalue weighted by Crippen LogP contribution is -2.03. The van der Waals surface area contributed by atoms with Crippen LogP contribution in [0.4, 0.5) is 5.69 Å². The highest BCUT2D eigenvalue weighted by atomic mass is 32.2. The molecule has 0 N–H and O–H groups in total.